The van der Waals surface area contributed by atoms with E-state index in [0.29, 0.717) is 16.5 Å². The van der Waals surface area contributed by atoms with Crippen molar-refractivity contribution in [1.29, 1.82) is 0 Å². The van der Waals surface area contributed by atoms with Gasteiger partial charge in [-0.25, -0.2) is 0 Å². The lowest BCUT2D eigenvalue weighted by molar-refractivity contribution is -0.114. The maximum Gasteiger partial charge on any atom is 0.221 e. The van der Waals surface area contributed by atoms with Gasteiger partial charge in [0.2, 0.25) is 5.91 Å². The molecule has 5 rings (SSSR count). The highest BCUT2D eigenvalue weighted by atomic mass is 32.1. The minimum absolute atomic E-state index is 0.139. The number of morpholine rings is 1. The third-order valence-corrected chi connectivity index (χ3v) is 8.08. The van der Waals surface area contributed by atoms with Gasteiger partial charge in [-0.15, -0.1) is 0 Å². The normalized spacial score (nSPS) is 19.5. The second-order valence-electron chi connectivity index (χ2n) is 10.3. The van der Waals surface area contributed by atoms with Crippen molar-refractivity contribution < 1.29 is 14.3 Å². The molecule has 0 aliphatic carbocycles. The molecule has 0 saturated carbocycles. The van der Waals surface area contributed by atoms with Crippen molar-refractivity contribution in [3.05, 3.63) is 71.3 Å². The number of hydrogen-bond acceptors (Lipinski definition) is 6. The number of rotatable bonds is 9. The molecule has 1 amide bonds. The summed E-state index contributed by atoms with van der Waals surface area (Å²) < 4.78 is 13.4. The zero-order valence-corrected chi connectivity index (χ0v) is 24.5. The molecule has 0 bridgehead atoms. The van der Waals surface area contributed by atoms with Gasteiger partial charge in [-0.05, 0) is 74.4 Å². The van der Waals surface area contributed by atoms with Gasteiger partial charge in [0.25, 0.3) is 0 Å². The number of thiocarbonyl (C=S) groups is 1. The van der Waals surface area contributed by atoms with Crippen LogP contribution in [0.15, 0.2) is 48.7 Å². The standard InChI is InChI=1S/C30H38N6O3S/c1-20-18-24(21(2)35(20)13-7-12-34-14-16-39-17-15-34)29-28(25-8-5-6-11-31-25)33-30(40)36(29)23-9-10-27(38-4)26(19-23)32-22(3)37/h5-6,8-11,18-19,28-29H,7,12-17H2,1-4H3,(H,32,37)(H,33,40)/t28-,29-/m1/s1. The van der Waals surface area contributed by atoms with Crippen LogP contribution in [0.25, 0.3) is 0 Å². The summed E-state index contributed by atoms with van der Waals surface area (Å²) in [6, 6.07) is 13.7. The van der Waals surface area contributed by atoms with E-state index >= 15 is 0 Å². The van der Waals surface area contributed by atoms with E-state index in [-0.39, 0.29) is 18.0 Å². The lowest BCUT2D eigenvalue weighted by Gasteiger charge is -2.29. The van der Waals surface area contributed by atoms with Gasteiger partial charge < -0.3 is 29.6 Å². The summed E-state index contributed by atoms with van der Waals surface area (Å²) in [5.41, 5.74) is 6.03. The lowest BCUT2D eigenvalue weighted by atomic mass is 9.96. The lowest BCUT2D eigenvalue weighted by Crippen LogP contribution is -2.37. The molecule has 2 aromatic heterocycles. The molecule has 0 radical (unpaired) electrons. The molecule has 212 valence electrons. The molecule has 2 aliphatic rings. The van der Waals surface area contributed by atoms with Crippen LogP contribution in [-0.2, 0) is 16.1 Å². The summed E-state index contributed by atoms with van der Waals surface area (Å²) in [6.45, 7) is 11.5. The number of methoxy groups -OCH3 is 1. The summed E-state index contributed by atoms with van der Waals surface area (Å²) in [7, 11) is 1.59. The highest BCUT2D eigenvalue weighted by Crippen LogP contribution is 2.44. The average Bonchev–Trinajstić information content (AvgIpc) is 3.44. The van der Waals surface area contributed by atoms with E-state index in [1.165, 1.54) is 23.9 Å². The van der Waals surface area contributed by atoms with Gasteiger partial charge in [0.05, 0.1) is 43.8 Å². The predicted octanol–water partition coefficient (Wildman–Crippen LogP) is 4.37. The predicted molar refractivity (Wildman–Crippen MR) is 161 cm³/mol. The topological polar surface area (TPSA) is 83.9 Å². The number of carbonyl (C=O) groups excluding carboxylic acids is 1. The van der Waals surface area contributed by atoms with Crippen LogP contribution in [-0.4, -0.2) is 65.4 Å². The Labute approximate surface area is 241 Å². The van der Waals surface area contributed by atoms with E-state index in [4.69, 9.17) is 26.7 Å². The maximum atomic E-state index is 11.9. The quantitative estimate of drug-likeness (QED) is 0.372. The van der Waals surface area contributed by atoms with Gasteiger partial charge in [-0.3, -0.25) is 14.7 Å². The number of benzene rings is 1. The molecular formula is C30H38N6O3S. The first kappa shape index (κ1) is 28.1. The van der Waals surface area contributed by atoms with Crippen molar-refractivity contribution in [2.45, 2.75) is 45.8 Å². The summed E-state index contributed by atoms with van der Waals surface area (Å²) in [6.07, 6.45) is 2.89. The van der Waals surface area contributed by atoms with Crippen molar-refractivity contribution in [2.24, 2.45) is 0 Å². The van der Waals surface area contributed by atoms with Gasteiger partial charge in [0, 0.05) is 56.4 Å². The number of nitrogens with zero attached hydrogens (tertiary/aromatic N) is 4. The molecule has 0 unspecified atom stereocenters. The van der Waals surface area contributed by atoms with Crippen LogP contribution in [0.5, 0.6) is 5.75 Å². The van der Waals surface area contributed by atoms with Gasteiger partial charge in [0.15, 0.2) is 5.11 Å². The van der Waals surface area contributed by atoms with Gasteiger partial charge >= 0.3 is 0 Å². The van der Waals surface area contributed by atoms with Gasteiger partial charge in [0.1, 0.15) is 5.75 Å². The molecule has 3 aromatic rings. The van der Waals surface area contributed by atoms with Crippen LogP contribution in [0.4, 0.5) is 11.4 Å². The summed E-state index contributed by atoms with van der Waals surface area (Å²) in [5.74, 6) is 0.425. The van der Waals surface area contributed by atoms with Gasteiger partial charge in [-0.1, -0.05) is 6.07 Å². The first-order chi connectivity index (χ1) is 19.4. The van der Waals surface area contributed by atoms with Crippen molar-refractivity contribution in [1.82, 2.24) is 19.8 Å². The molecule has 2 fully saturated rings. The molecule has 4 heterocycles. The average molecular weight is 563 g/mol. The number of hydrogen-bond donors (Lipinski definition) is 2. The van der Waals surface area contributed by atoms with Crippen LogP contribution in [0, 0.1) is 13.8 Å². The Morgan fingerprint density at radius 1 is 1.18 bits per heavy atom. The second-order valence-corrected chi connectivity index (χ2v) is 10.7. The SMILES string of the molecule is COc1ccc(N2C(=S)N[C@H](c3ccccn3)[C@H]2c2cc(C)n(CCCN3CCOCC3)c2C)cc1NC(C)=O. The Morgan fingerprint density at radius 2 is 1.98 bits per heavy atom. The van der Waals surface area contributed by atoms with Crippen LogP contribution in [0.3, 0.4) is 0 Å². The highest BCUT2D eigenvalue weighted by Gasteiger charge is 2.42. The third-order valence-electron chi connectivity index (χ3n) is 7.76. The molecule has 40 heavy (non-hydrogen) atoms. The number of amides is 1. The molecule has 0 spiro atoms. The van der Waals surface area contributed by atoms with E-state index in [1.807, 2.05) is 42.6 Å². The molecule has 2 aliphatic heterocycles. The fraction of sp³-hybridized carbons (Fsp3) is 0.433. The van der Waals surface area contributed by atoms with Gasteiger partial charge in [-0.2, -0.15) is 0 Å². The smallest absolute Gasteiger partial charge is 0.221 e. The summed E-state index contributed by atoms with van der Waals surface area (Å²) in [5, 5.41) is 7.05. The first-order valence-electron chi connectivity index (χ1n) is 13.8. The van der Waals surface area contributed by atoms with Crippen LogP contribution < -0.4 is 20.3 Å². The van der Waals surface area contributed by atoms with E-state index in [9.17, 15) is 4.79 Å². The Morgan fingerprint density at radius 3 is 2.67 bits per heavy atom. The molecule has 2 atom stereocenters. The molecular weight excluding hydrogens is 524 g/mol. The Kier molecular flexibility index (Phi) is 8.68. The van der Waals surface area contributed by atoms with Crippen LogP contribution in [0.1, 0.15) is 48.1 Å². The largest absolute Gasteiger partial charge is 0.495 e. The number of ether oxygens (including phenoxy) is 2. The fourth-order valence-electron chi connectivity index (χ4n) is 5.83. The molecule has 10 heteroatoms. The number of carbonyl (C=O) groups is 1. The zero-order valence-electron chi connectivity index (χ0n) is 23.6. The van der Waals surface area contributed by atoms with Crippen LogP contribution >= 0.6 is 12.2 Å². The zero-order chi connectivity index (χ0) is 28.2. The minimum atomic E-state index is -0.166. The number of aromatic nitrogens is 2. The number of nitrogens with one attached hydrogen (secondary N) is 2. The van der Waals surface area contributed by atoms with E-state index in [2.05, 4.69) is 44.9 Å². The summed E-state index contributed by atoms with van der Waals surface area (Å²) >= 11 is 5.94. The Bertz CT molecular complexity index is 1350. The van der Waals surface area contributed by atoms with E-state index in [1.54, 1.807) is 7.11 Å². The second kappa shape index (κ2) is 12.4. The third kappa shape index (κ3) is 5.84. The molecule has 2 saturated heterocycles. The van der Waals surface area contributed by atoms with Crippen molar-refractivity contribution in [2.75, 3.05) is 50.2 Å². The Hall–Kier alpha value is -3.47. The number of anilines is 2. The molecule has 9 nitrogen and oxygen atoms in total. The summed E-state index contributed by atoms with van der Waals surface area (Å²) in [4.78, 5) is 21.2. The monoisotopic (exact) mass is 562 g/mol. The van der Waals surface area contributed by atoms with E-state index < -0.39 is 0 Å². The van der Waals surface area contributed by atoms with Crippen LogP contribution in [0.2, 0.25) is 0 Å². The van der Waals surface area contributed by atoms with Crippen molar-refractivity contribution in [3.63, 3.8) is 0 Å². The van der Waals surface area contributed by atoms with Crippen molar-refractivity contribution >= 4 is 34.6 Å². The highest BCUT2D eigenvalue weighted by molar-refractivity contribution is 7.80. The molecule has 1 aromatic carbocycles. The van der Waals surface area contributed by atoms with E-state index in [0.717, 1.165) is 57.2 Å². The molecule has 2 N–H and O–H groups in total. The number of pyridine rings is 1. The first-order valence-corrected chi connectivity index (χ1v) is 14.2. The minimum Gasteiger partial charge on any atom is -0.495 e. The maximum absolute atomic E-state index is 11.9. The fourth-order valence-corrected chi connectivity index (χ4v) is 6.18. The Balaban J connectivity index is 1.51. The van der Waals surface area contributed by atoms with Crippen molar-refractivity contribution in [3.8, 4) is 5.75 Å². The number of aryl methyl sites for hydroxylation is 1.